The second-order valence-electron chi connectivity index (χ2n) is 11.0. The zero-order chi connectivity index (χ0) is 18.7. The minimum absolute atomic E-state index is 0.0574. The number of carbonyl (C=O) groups is 1. The predicted octanol–water partition coefficient (Wildman–Crippen LogP) is 4.14. The number of rotatable bonds is 3. The number of carbonyl (C=O) groups excluding carboxylic acids is 1. The molecule has 4 aliphatic carbocycles. The molecule has 0 bridgehead atoms. The van der Waals surface area contributed by atoms with Crippen molar-refractivity contribution < 1.29 is 9.90 Å². The zero-order valence-corrected chi connectivity index (χ0v) is 17.3. The predicted molar refractivity (Wildman–Crippen MR) is 105 cm³/mol. The molecule has 3 heteroatoms. The van der Waals surface area contributed by atoms with Gasteiger partial charge in [0.05, 0.1) is 12.6 Å². The molecule has 0 saturated heterocycles. The van der Waals surface area contributed by atoms with Crippen molar-refractivity contribution in [3.05, 3.63) is 0 Å². The van der Waals surface area contributed by atoms with Crippen LogP contribution in [0.4, 0.5) is 0 Å². The second-order valence-corrected chi connectivity index (χ2v) is 11.0. The number of hydrogen-bond donors (Lipinski definition) is 1. The molecule has 1 N–H and O–H groups in total. The molecule has 3 nitrogen and oxygen atoms in total. The Labute approximate surface area is 159 Å². The van der Waals surface area contributed by atoms with Crippen molar-refractivity contribution in [2.45, 2.75) is 77.7 Å². The molecule has 0 unspecified atom stereocenters. The fraction of sp³-hybridized carbons (Fsp3) is 0.957. The number of hydrogen-bond acceptors (Lipinski definition) is 3. The summed E-state index contributed by atoms with van der Waals surface area (Å²) in [5, 5.41) is 10.2. The van der Waals surface area contributed by atoms with Crippen LogP contribution < -0.4 is 0 Å². The highest BCUT2D eigenvalue weighted by Gasteiger charge is 2.61. The van der Waals surface area contributed by atoms with Crippen molar-refractivity contribution in [2.75, 3.05) is 20.6 Å². The molecule has 0 aromatic heterocycles. The smallest absolute Gasteiger partial charge is 0.150 e. The van der Waals surface area contributed by atoms with Crippen molar-refractivity contribution in [3.63, 3.8) is 0 Å². The van der Waals surface area contributed by atoms with Crippen molar-refractivity contribution >= 4 is 5.78 Å². The minimum atomic E-state index is -0.0574. The van der Waals surface area contributed by atoms with Gasteiger partial charge in [-0.2, -0.15) is 0 Å². The molecule has 0 aromatic carbocycles. The van der Waals surface area contributed by atoms with E-state index in [-0.39, 0.29) is 17.4 Å². The Hall–Kier alpha value is -0.410. The van der Waals surface area contributed by atoms with E-state index in [1.807, 2.05) is 19.0 Å². The van der Waals surface area contributed by atoms with Gasteiger partial charge in [-0.25, -0.2) is 0 Å². The van der Waals surface area contributed by atoms with Gasteiger partial charge < -0.3 is 10.0 Å². The van der Waals surface area contributed by atoms with E-state index in [4.69, 9.17) is 0 Å². The molecule has 26 heavy (non-hydrogen) atoms. The first kappa shape index (κ1) is 18.9. The van der Waals surface area contributed by atoms with E-state index in [1.54, 1.807) is 0 Å². The lowest BCUT2D eigenvalue weighted by Gasteiger charge is -2.60. The molecular formula is C23H39NO2. The second kappa shape index (κ2) is 6.58. The van der Waals surface area contributed by atoms with Crippen molar-refractivity contribution in [1.82, 2.24) is 4.90 Å². The molecule has 8 atom stereocenters. The maximum atomic E-state index is 12.9. The summed E-state index contributed by atoms with van der Waals surface area (Å²) in [6.07, 6.45) is 10.8. The molecule has 0 amide bonds. The van der Waals surface area contributed by atoms with Gasteiger partial charge in [-0.1, -0.05) is 13.8 Å². The number of aliphatic hydroxyl groups is 1. The molecule has 4 fully saturated rings. The van der Waals surface area contributed by atoms with Crippen LogP contribution in [0.2, 0.25) is 0 Å². The number of aliphatic hydroxyl groups excluding tert-OH is 1. The fourth-order valence-electron chi connectivity index (χ4n) is 8.19. The summed E-state index contributed by atoms with van der Waals surface area (Å²) in [7, 11) is 4.03. The van der Waals surface area contributed by atoms with Crippen molar-refractivity contribution in [3.8, 4) is 0 Å². The van der Waals surface area contributed by atoms with Gasteiger partial charge in [0.25, 0.3) is 0 Å². The normalized spacial score (nSPS) is 50.8. The number of Topliss-reactive ketones (excluding diaryl/α,β-unsaturated/α-hetero) is 1. The molecule has 0 radical (unpaired) electrons. The summed E-state index contributed by atoms with van der Waals surface area (Å²) in [4.78, 5) is 15.0. The van der Waals surface area contributed by atoms with Crippen LogP contribution in [0.15, 0.2) is 0 Å². The third-order valence-electron chi connectivity index (χ3n) is 9.50. The summed E-state index contributed by atoms with van der Waals surface area (Å²) >= 11 is 0. The van der Waals surface area contributed by atoms with E-state index in [2.05, 4.69) is 13.8 Å². The Morgan fingerprint density at radius 3 is 2.38 bits per heavy atom. The van der Waals surface area contributed by atoms with E-state index in [0.29, 0.717) is 17.7 Å². The van der Waals surface area contributed by atoms with Gasteiger partial charge in [0.2, 0.25) is 0 Å². The van der Waals surface area contributed by atoms with Crippen LogP contribution in [0.3, 0.4) is 0 Å². The standard InChI is InChI=1S/C23H39NO2/c1-22-11-9-16(25)13-15(22)5-6-17-18-7-8-20(21(26)14-24(3)4)23(18,2)12-10-19(17)22/h15-20,25H,5-14H2,1-4H3/t15-,16-,17-,18-,19-,20+,22-,23-/m0/s1. The highest BCUT2D eigenvalue weighted by Crippen LogP contribution is 2.67. The molecule has 0 aliphatic heterocycles. The Morgan fingerprint density at radius 2 is 1.65 bits per heavy atom. The third-order valence-corrected chi connectivity index (χ3v) is 9.50. The van der Waals surface area contributed by atoms with Crippen molar-refractivity contribution in [1.29, 1.82) is 0 Å². The average molecular weight is 362 g/mol. The van der Waals surface area contributed by atoms with E-state index in [1.165, 1.54) is 38.5 Å². The Balaban J connectivity index is 1.55. The molecule has 4 saturated carbocycles. The fourth-order valence-corrected chi connectivity index (χ4v) is 8.19. The summed E-state index contributed by atoms with van der Waals surface area (Å²) in [6, 6.07) is 0. The van der Waals surface area contributed by atoms with Crippen LogP contribution in [-0.4, -0.2) is 42.5 Å². The van der Waals surface area contributed by atoms with Crippen LogP contribution in [0.1, 0.15) is 71.6 Å². The molecule has 0 heterocycles. The van der Waals surface area contributed by atoms with Crippen molar-refractivity contribution in [2.24, 2.45) is 40.4 Å². The minimum Gasteiger partial charge on any atom is -0.393 e. The van der Waals surface area contributed by atoms with Gasteiger partial charge in [0.15, 0.2) is 0 Å². The van der Waals surface area contributed by atoms with E-state index in [0.717, 1.165) is 42.9 Å². The maximum Gasteiger partial charge on any atom is 0.150 e. The Morgan fingerprint density at radius 1 is 0.962 bits per heavy atom. The molecule has 148 valence electrons. The van der Waals surface area contributed by atoms with E-state index >= 15 is 0 Å². The van der Waals surface area contributed by atoms with Gasteiger partial charge in [-0.15, -0.1) is 0 Å². The zero-order valence-electron chi connectivity index (χ0n) is 17.3. The van der Waals surface area contributed by atoms with E-state index < -0.39 is 0 Å². The van der Waals surface area contributed by atoms with Gasteiger partial charge in [-0.3, -0.25) is 4.79 Å². The Bertz CT molecular complexity index is 560. The van der Waals surface area contributed by atoms with E-state index in [9.17, 15) is 9.90 Å². The van der Waals surface area contributed by atoms with Crippen LogP contribution in [0, 0.1) is 40.4 Å². The molecule has 0 spiro atoms. The lowest BCUT2D eigenvalue weighted by Crippen LogP contribution is -2.54. The summed E-state index contributed by atoms with van der Waals surface area (Å²) in [5.74, 6) is 3.90. The lowest BCUT2D eigenvalue weighted by molar-refractivity contribution is -0.140. The average Bonchev–Trinajstić information content (AvgIpc) is 2.92. The molecule has 0 aromatic rings. The number of fused-ring (bicyclic) bond motifs is 5. The van der Waals surface area contributed by atoms with Crippen LogP contribution >= 0.6 is 0 Å². The summed E-state index contributed by atoms with van der Waals surface area (Å²) in [5.41, 5.74) is 0.681. The Kier molecular flexibility index (Phi) is 4.79. The SMILES string of the molecule is CN(C)CC(=O)[C@H]1CC[C@H]2[C@@H]3CC[C@H]4C[C@@H](O)CC[C@]4(C)[C@H]3CC[C@]12C. The quantitative estimate of drug-likeness (QED) is 0.821. The third kappa shape index (κ3) is 2.80. The van der Waals surface area contributed by atoms with Crippen LogP contribution in [-0.2, 0) is 4.79 Å². The summed E-state index contributed by atoms with van der Waals surface area (Å²) in [6.45, 7) is 5.61. The number of likely N-dealkylation sites (N-methyl/N-ethyl adjacent to an activating group) is 1. The highest BCUT2D eigenvalue weighted by atomic mass is 16.3. The molecule has 4 aliphatic rings. The first-order valence-electron chi connectivity index (χ1n) is 11.1. The van der Waals surface area contributed by atoms with Crippen LogP contribution in [0.25, 0.3) is 0 Å². The topological polar surface area (TPSA) is 40.5 Å². The summed E-state index contributed by atoms with van der Waals surface area (Å²) < 4.78 is 0. The molecular weight excluding hydrogens is 322 g/mol. The maximum absolute atomic E-state index is 12.9. The van der Waals surface area contributed by atoms with Gasteiger partial charge in [-0.05, 0) is 106 Å². The highest BCUT2D eigenvalue weighted by molar-refractivity contribution is 5.84. The van der Waals surface area contributed by atoms with Gasteiger partial charge in [0.1, 0.15) is 5.78 Å². The lowest BCUT2D eigenvalue weighted by atomic mass is 9.44. The first-order valence-corrected chi connectivity index (χ1v) is 11.1. The van der Waals surface area contributed by atoms with Crippen LogP contribution in [0.5, 0.6) is 0 Å². The number of ketones is 1. The first-order chi connectivity index (χ1) is 12.3. The van der Waals surface area contributed by atoms with Gasteiger partial charge >= 0.3 is 0 Å². The largest absolute Gasteiger partial charge is 0.393 e. The monoisotopic (exact) mass is 361 g/mol. The number of nitrogens with zero attached hydrogens (tertiary/aromatic N) is 1. The molecule has 4 rings (SSSR count). The van der Waals surface area contributed by atoms with Gasteiger partial charge in [0, 0.05) is 5.92 Å².